The van der Waals surface area contributed by atoms with E-state index < -0.39 is 5.91 Å². The number of azo groups is 1. The number of hydrogen-bond acceptors (Lipinski definition) is 6. The number of carbonyl (C=O) groups is 2. The number of phenols is 1. The zero-order valence-electron chi connectivity index (χ0n) is 22.6. The highest BCUT2D eigenvalue weighted by molar-refractivity contribution is 6.11. The van der Waals surface area contributed by atoms with Gasteiger partial charge in [0.1, 0.15) is 11.4 Å². The number of fused-ring (bicyclic) bond motifs is 1. The van der Waals surface area contributed by atoms with Gasteiger partial charge in [-0.05, 0) is 61.2 Å². The van der Waals surface area contributed by atoms with Crippen LogP contribution in [0.5, 0.6) is 11.5 Å². The van der Waals surface area contributed by atoms with Crippen molar-refractivity contribution in [2.75, 3.05) is 17.2 Å². The highest BCUT2D eigenvalue weighted by atomic mass is 16.5. The molecule has 2 amide bonds. The van der Waals surface area contributed by atoms with Crippen LogP contribution >= 0.6 is 0 Å². The number of amides is 2. The van der Waals surface area contributed by atoms with Crippen LogP contribution in [-0.2, 0) is 0 Å². The first kappa shape index (κ1) is 27.1. The van der Waals surface area contributed by atoms with Gasteiger partial charge >= 0.3 is 0 Å². The van der Waals surface area contributed by atoms with Crippen molar-refractivity contribution in [1.29, 1.82) is 0 Å². The number of ether oxygens (including phenoxy) is 1. The molecule has 3 N–H and O–H groups in total. The summed E-state index contributed by atoms with van der Waals surface area (Å²) in [5.74, 6) is -0.569. The second-order valence-corrected chi connectivity index (χ2v) is 9.25. The van der Waals surface area contributed by atoms with E-state index in [2.05, 4.69) is 20.9 Å². The SMILES string of the molecule is CCOc1cc(N=Nc2c(O)c(C(=O)Nc3ccccc3)cc3ccccc23)cc(C)c1NC(=O)c1ccccc1. The van der Waals surface area contributed by atoms with Crippen LogP contribution in [0.4, 0.5) is 22.7 Å². The average molecular weight is 545 g/mol. The molecule has 0 heterocycles. The molecule has 0 aliphatic heterocycles. The van der Waals surface area contributed by atoms with Crippen molar-refractivity contribution < 1.29 is 19.4 Å². The molecule has 5 rings (SSSR count). The predicted octanol–water partition coefficient (Wildman–Crippen LogP) is 8.17. The van der Waals surface area contributed by atoms with E-state index in [4.69, 9.17) is 4.74 Å². The predicted molar refractivity (Wildman–Crippen MR) is 161 cm³/mol. The Morgan fingerprint density at radius 3 is 2.22 bits per heavy atom. The number of phenolic OH excluding ortho intramolecular Hbond substituents is 1. The smallest absolute Gasteiger partial charge is 0.259 e. The fourth-order valence-corrected chi connectivity index (χ4v) is 4.42. The van der Waals surface area contributed by atoms with Crippen LogP contribution < -0.4 is 15.4 Å². The standard InChI is InChI=1S/C33H28N4O4/c1-3-41-28-20-25(18-21(2)29(28)35-32(39)22-12-6-4-7-13-22)36-37-30-26-17-11-10-14-23(26)19-27(31(30)38)33(40)34-24-15-8-5-9-16-24/h4-20,38H,3H2,1-2H3,(H,34,40)(H,35,39). The maximum atomic E-state index is 13.1. The summed E-state index contributed by atoms with van der Waals surface area (Å²) in [5.41, 5.74) is 3.08. The van der Waals surface area contributed by atoms with Gasteiger partial charge in [-0.2, -0.15) is 5.11 Å². The fraction of sp³-hybridized carbons (Fsp3) is 0.0909. The molecular weight excluding hydrogens is 516 g/mol. The lowest BCUT2D eigenvalue weighted by atomic mass is 10.0. The number of anilines is 2. The minimum atomic E-state index is -0.469. The van der Waals surface area contributed by atoms with Gasteiger partial charge in [-0.3, -0.25) is 9.59 Å². The number of aryl methyl sites for hydroxylation is 1. The Hall–Kier alpha value is -5.50. The van der Waals surface area contributed by atoms with Crippen molar-refractivity contribution in [1.82, 2.24) is 0 Å². The molecule has 8 nitrogen and oxygen atoms in total. The topological polar surface area (TPSA) is 112 Å². The zero-order valence-corrected chi connectivity index (χ0v) is 22.6. The third-order valence-corrected chi connectivity index (χ3v) is 6.40. The van der Waals surface area contributed by atoms with E-state index in [1.807, 2.05) is 56.3 Å². The van der Waals surface area contributed by atoms with Gasteiger partial charge in [0, 0.05) is 22.7 Å². The van der Waals surface area contributed by atoms with Crippen LogP contribution in [0.3, 0.4) is 0 Å². The number of nitrogens with zero attached hydrogens (tertiary/aromatic N) is 2. The molecule has 5 aromatic carbocycles. The van der Waals surface area contributed by atoms with Gasteiger partial charge < -0.3 is 20.5 Å². The molecule has 0 unspecified atom stereocenters. The van der Waals surface area contributed by atoms with Crippen LogP contribution in [0.1, 0.15) is 33.2 Å². The molecule has 41 heavy (non-hydrogen) atoms. The first-order chi connectivity index (χ1) is 19.9. The molecule has 0 saturated carbocycles. The van der Waals surface area contributed by atoms with Crippen LogP contribution in [0.2, 0.25) is 0 Å². The second-order valence-electron chi connectivity index (χ2n) is 9.25. The summed E-state index contributed by atoms with van der Waals surface area (Å²) in [5, 5.41) is 27.1. The van der Waals surface area contributed by atoms with E-state index in [-0.39, 0.29) is 22.9 Å². The summed E-state index contributed by atoms with van der Waals surface area (Å²) in [6.45, 7) is 4.06. The van der Waals surface area contributed by atoms with Gasteiger partial charge in [-0.25, -0.2) is 0 Å². The van der Waals surface area contributed by atoms with Gasteiger partial charge in [0.15, 0.2) is 5.75 Å². The first-order valence-electron chi connectivity index (χ1n) is 13.1. The Bertz CT molecular complexity index is 1750. The van der Waals surface area contributed by atoms with Crippen LogP contribution in [0, 0.1) is 6.92 Å². The molecule has 8 heteroatoms. The summed E-state index contributed by atoms with van der Waals surface area (Å²) in [4.78, 5) is 25.9. The van der Waals surface area contributed by atoms with Crippen molar-refractivity contribution in [3.8, 4) is 11.5 Å². The van der Waals surface area contributed by atoms with E-state index in [0.29, 0.717) is 40.4 Å². The Morgan fingerprint density at radius 1 is 0.805 bits per heavy atom. The molecule has 204 valence electrons. The molecule has 0 atom stereocenters. The van der Waals surface area contributed by atoms with Gasteiger partial charge in [-0.15, -0.1) is 5.11 Å². The molecule has 0 spiro atoms. The number of para-hydroxylation sites is 1. The molecule has 0 aliphatic rings. The number of benzene rings is 5. The summed E-state index contributed by atoms with van der Waals surface area (Å²) in [6, 6.07) is 30.3. The molecule has 0 bridgehead atoms. The summed E-state index contributed by atoms with van der Waals surface area (Å²) < 4.78 is 5.83. The molecule has 0 aromatic heterocycles. The molecule has 5 aromatic rings. The second kappa shape index (κ2) is 12.1. The quantitative estimate of drug-likeness (QED) is 0.171. The molecule has 0 aliphatic carbocycles. The normalized spacial score (nSPS) is 11.0. The third-order valence-electron chi connectivity index (χ3n) is 6.40. The Labute approximate surface area is 237 Å². The van der Waals surface area contributed by atoms with Crippen LogP contribution in [-0.4, -0.2) is 23.5 Å². The number of aromatic hydroxyl groups is 1. The minimum absolute atomic E-state index is 0.0756. The highest BCUT2D eigenvalue weighted by Gasteiger charge is 2.19. The van der Waals surface area contributed by atoms with E-state index in [1.165, 1.54) is 0 Å². The number of hydrogen-bond donors (Lipinski definition) is 3. The summed E-state index contributed by atoms with van der Waals surface area (Å²) in [7, 11) is 0. The lowest BCUT2D eigenvalue weighted by molar-refractivity contribution is 0.101. The monoisotopic (exact) mass is 544 g/mol. The summed E-state index contributed by atoms with van der Waals surface area (Å²) in [6.07, 6.45) is 0. The van der Waals surface area contributed by atoms with Gasteiger partial charge in [-0.1, -0.05) is 60.7 Å². The molecule has 0 fully saturated rings. The number of rotatable bonds is 8. The Morgan fingerprint density at radius 2 is 1.49 bits per heavy atom. The largest absolute Gasteiger partial charge is 0.505 e. The lowest BCUT2D eigenvalue weighted by Gasteiger charge is -2.15. The van der Waals surface area contributed by atoms with Crippen LogP contribution in [0.15, 0.2) is 113 Å². The molecule has 0 saturated heterocycles. The van der Waals surface area contributed by atoms with Crippen molar-refractivity contribution in [2.45, 2.75) is 13.8 Å². The highest BCUT2D eigenvalue weighted by Crippen LogP contribution is 2.41. The third kappa shape index (κ3) is 6.07. The Kier molecular flexibility index (Phi) is 8.01. The number of carbonyl (C=O) groups excluding carboxylic acids is 2. The van der Waals surface area contributed by atoms with E-state index in [9.17, 15) is 14.7 Å². The molecule has 0 radical (unpaired) electrons. The fourth-order valence-electron chi connectivity index (χ4n) is 4.42. The lowest BCUT2D eigenvalue weighted by Crippen LogP contribution is -2.13. The van der Waals surface area contributed by atoms with Crippen molar-refractivity contribution in [3.63, 3.8) is 0 Å². The van der Waals surface area contributed by atoms with E-state index in [1.54, 1.807) is 60.7 Å². The average Bonchev–Trinajstić information content (AvgIpc) is 2.99. The zero-order chi connectivity index (χ0) is 28.8. The van der Waals surface area contributed by atoms with Crippen molar-refractivity contribution >= 4 is 45.3 Å². The van der Waals surface area contributed by atoms with Gasteiger partial charge in [0.2, 0.25) is 0 Å². The minimum Gasteiger partial charge on any atom is -0.505 e. The first-order valence-corrected chi connectivity index (χ1v) is 13.1. The number of nitrogens with one attached hydrogen (secondary N) is 2. The summed E-state index contributed by atoms with van der Waals surface area (Å²) >= 11 is 0. The maximum absolute atomic E-state index is 13.1. The van der Waals surface area contributed by atoms with Crippen molar-refractivity contribution in [3.05, 3.63) is 120 Å². The molecular formula is C33H28N4O4. The van der Waals surface area contributed by atoms with Gasteiger partial charge in [0.25, 0.3) is 11.8 Å². The van der Waals surface area contributed by atoms with Gasteiger partial charge in [0.05, 0.1) is 23.5 Å². The van der Waals surface area contributed by atoms with E-state index in [0.717, 1.165) is 10.9 Å². The van der Waals surface area contributed by atoms with Crippen molar-refractivity contribution in [2.24, 2.45) is 10.2 Å². The Balaban J connectivity index is 1.50. The van der Waals surface area contributed by atoms with E-state index >= 15 is 0 Å². The maximum Gasteiger partial charge on any atom is 0.259 e. The van der Waals surface area contributed by atoms with Crippen LogP contribution in [0.25, 0.3) is 10.8 Å².